The van der Waals surface area contributed by atoms with Crippen molar-refractivity contribution in [1.82, 2.24) is 0 Å². The van der Waals surface area contributed by atoms with Gasteiger partial charge in [0.15, 0.2) is 0 Å². The maximum Gasteiger partial charge on any atom is 0.135 e. The maximum absolute atomic E-state index is 15.2. The van der Waals surface area contributed by atoms with Crippen LogP contribution in [0.3, 0.4) is 0 Å². The van der Waals surface area contributed by atoms with E-state index in [1.165, 1.54) is 25.7 Å². The Morgan fingerprint density at radius 2 is 1.28 bits per heavy atom. The third kappa shape index (κ3) is 5.53. The van der Waals surface area contributed by atoms with Crippen LogP contribution in [0.25, 0.3) is 0 Å². The SMILES string of the molecule is CCCC(CCC)C1CCC(C2CCC(C3CCC(C)CC3)CC2F)C(F)C1F. The van der Waals surface area contributed by atoms with Crippen LogP contribution in [0.4, 0.5) is 13.2 Å². The molecule has 7 unspecified atom stereocenters. The molecule has 7 atom stereocenters. The summed E-state index contributed by atoms with van der Waals surface area (Å²) < 4.78 is 45.6. The van der Waals surface area contributed by atoms with E-state index < -0.39 is 24.4 Å². The van der Waals surface area contributed by atoms with E-state index in [1.807, 2.05) is 0 Å². The lowest BCUT2D eigenvalue weighted by molar-refractivity contribution is -0.0544. The Bertz CT molecular complexity index is 467. The van der Waals surface area contributed by atoms with Gasteiger partial charge in [0.1, 0.15) is 18.5 Å². The van der Waals surface area contributed by atoms with Crippen LogP contribution >= 0.6 is 0 Å². The Hall–Kier alpha value is -0.210. The molecule has 0 heterocycles. The topological polar surface area (TPSA) is 0 Å². The molecule has 3 heteroatoms. The molecule has 0 bridgehead atoms. The van der Waals surface area contributed by atoms with Gasteiger partial charge in [0.25, 0.3) is 0 Å². The highest BCUT2D eigenvalue weighted by Crippen LogP contribution is 2.49. The fourth-order valence-corrected chi connectivity index (χ4v) is 7.27. The van der Waals surface area contributed by atoms with E-state index in [-0.39, 0.29) is 11.8 Å². The van der Waals surface area contributed by atoms with Gasteiger partial charge in [-0.25, -0.2) is 13.2 Å². The van der Waals surface area contributed by atoms with Gasteiger partial charge < -0.3 is 0 Å². The van der Waals surface area contributed by atoms with Gasteiger partial charge >= 0.3 is 0 Å². The summed E-state index contributed by atoms with van der Waals surface area (Å²) in [5, 5.41) is 0. The molecule has 3 aliphatic rings. The minimum Gasteiger partial charge on any atom is -0.247 e. The summed E-state index contributed by atoms with van der Waals surface area (Å²) in [6, 6.07) is 0. The van der Waals surface area contributed by atoms with Crippen LogP contribution in [0.5, 0.6) is 0 Å². The molecular formula is C26H45F3. The van der Waals surface area contributed by atoms with Crippen LogP contribution < -0.4 is 0 Å². The Kier molecular flexibility index (Phi) is 8.81. The number of halogens is 3. The monoisotopic (exact) mass is 414 g/mol. The molecule has 0 spiro atoms. The molecule has 0 N–H and O–H groups in total. The number of hydrogen-bond acceptors (Lipinski definition) is 0. The van der Waals surface area contributed by atoms with Crippen molar-refractivity contribution in [2.24, 2.45) is 41.4 Å². The van der Waals surface area contributed by atoms with Gasteiger partial charge in [0, 0.05) is 0 Å². The van der Waals surface area contributed by atoms with Crippen LogP contribution in [0.1, 0.15) is 104 Å². The molecular weight excluding hydrogens is 369 g/mol. The van der Waals surface area contributed by atoms with Gasteiger partial charge in [-0.1, -0.05) is 59.3 Å². The van der Waals surface area contributed by atoms with Crippen LogP contribution in [0.2, 0.25) is 0 Å². The average molecular weight is 415 g/mol. The summed E-state index contributed by atoms with van der Waals surface area (Å²) in [7, 11) is 0. The molecule has 0 aromatic heterocycles. The molecule has 0 aliphatic heterocycles. The first kappa shape index (κ1) is 23.5. The average Bonchev–Trinajstić information content (AvgIpc) is 2.71. The van der Waals surface area contributed by atoms with Gasteiger partial charge in [-0.3, -0.25) is 0 Å². The van der Waals surface area contributed by atoms with E-state index in [0.717, 1.165) is 50.9 Å². The van der Waals surface area contributed by atoms with Crippen LogP contribution in [-0.2, 0) is 0 Å². The molecule has 170 valence electrons. The van der Waals surface area contributed by atoms with Crippen molar-refractivity contribution >= 4 is 0 Å². The first-order chi connectivity index (χ1) is 14.0. The smallest absolute Gasteiger partial charge is 0.135 e. The Morgan fingerprint density at radius 3 is 1.86 bits per heavy atom. The van der Waals surface area contributed by atoms with Gasteiger partial charge in [0.05, 0.1) is 0 Å². The Balaban J connectivity index is 1.56. The molecule has 0 radical (unpaired) electrons. The quantitative estimate of drug-likeness (QED) is 0.392. The largest absolute Gasteiger partial charge is 0.247 e. The predicted octanol–water partition coefficient (Wildman–Crippen LogP) is 8.49. The number of rotatable bonds is 7. The highest BCUT2D eigenvalue weighted by atomic mass is 19.2. The third-order valence-corrected chi connectivity index (χ3v) is 9.02. The second-order valence-corrected chi connectivity index (χ2v) is 10.9. The summed E-state index contributed by atoms with van der Waals surface area (Å²) >= 11 is 0. The highest BCUT2D eigenvalue weighted by Gasteiger charge is 2.48. The first-order valence-corrected chi connectivity index (χ1v) is 12.9. The van der Waals surface area contributed by atoms with Crippen LogP contribution in [-0.4, -0.2) is 18.5 Å². The van der Waals surface area contributed by atoms with Gasteiger partial charge in [-0.15, -0.1) is 0 Å². The van der Waals surface area contributed by atoms with Crippen molar-refractivity contribution in [3.63, 3.8) is 0 Å². The molecule has 3 saturated carbocycles. The Morgan fingerprint density at radius 1 is 0.690 bits per heavy atom. The molecule has 29 heavy (non-hydrogen) atoms. The van der Waals surface area contributed by atoms with Crippen molar-refractivity contribution in [1.29, 1.82) is 0 Å². The van der Waals surface area contributed by atoms with E-state index in [9.17, 15) is 0 Å². The summed E-state index contributed by atoms with van der Waals surface area (Å²) in [5.74, 6) is 1.45. The summed E-state index contributed by atoms with van der Waals surface area (Å²) in [6.45, 7) is 6.59. The van der Waals surface area contributed by atoms with Crippen LogP contribution in [0, 0.1) is 41.4 Å². The molecule has 0 nitrogen and oxygen atoms in total. The zero-order chi connectivity index (χ0) is 21.0. The third-order valence-electron chi connectivity index (χ3n) is 9.02. The number of hydrogen-bond donors (Lipinski definition) is 0. The zero-order valence-electron chi connectivity index (χ0n) is 19.1. The molecule has 0 aromatic rings. The lowest BCUT2D eigenvalue weighted by Crippen LogP contribution is -2.47. The van der Waals surface area contributed by atoms with E-state index in [0.29, 0.717) is 30.6 Å². The minimum absolute atomic E-state index is 0.153. The normalized spacial score (nSPS) is 44.2. The van der Waals surface area contributed by atoms with Crippen molar-refractivity contribution < 1.29 is 13.2 Å². The molecule has 0 aromatic carbocycles. The fourth-order valence-electron chi connectivity index (χ4n) is 7.27. The second kappa shape index (κ2) is 10.9. The van der Waals surface area contributed by atoms with E-state index in [2.05, 4.69) is 20.8 Å². The van der Waals surface area contributed by atoms with E-state index in [1.54, 1.807) is 0 Å². The summed E-state index contributed by atoms with van der Waals surface area (Å²) in [5.41, 5.74) is 0. The minimum atomic E-state index is -1.46. The van der Waals surface area contributed by atoms with Crippen molar-refractivity contribution in [2.45, 2.75) is 123 Å². The molecule has 3 rings (SSSR count). The fraction of sp³-hybridized carbons (Fsp3) is 1.00. The van der Waals surface area contributed by atoms with Crippen molar-refractivity contribution in [3.05, 3.63) is 0 Å². The van der Waals surface area contributed by atoms with E-state index >= 15 is 13.2 Å². The zero-order valence-corrected chi connectivity index (χ0v) is 19.1. The summed E-state index contributed by atoms with van der Waals surface area (Å²) in [6.07, 6.45) is 9.15. The van der Waals surface area contributed by atoms with Crippen molar-refractivity contribution in [2.75, 3.05) is 0 Å². The van der Waals surface area contributed by atoms with Gasteiger partial charge in [0.2, 0.25) is 0 Å². The lowest BCUT2D eigenvalue weighted by Gasteiger charge is -2.46. The summed E-state index contributed by atoms with van der Waals surface area (Å²) in [4.78, 5) is 0. The number of alkyl halides is 3. The van der Waals surface area contributed by atoms with Gasteiger partial charge in [-0.05, 0) is 86.4 Å². The lowest BCUT2D eigenvalue weighted by atomic mass is 9.62. The molecule has 3 aliphatic carbocycles. The molecule has 0 amide bonds. The maximum atomic E-state index is 15.2. The highest BCUT2D eigenvalue weighted by molar-refractivity contribution is 4.97. The molecule has 0 saturated heterocycles. The van der Waals surface area contributed by atoms with Crippen molar-refractivity contribution in [3.8, 4) is 0 Å². The second-order valence-electron chi connectivity index (χ2n) is 10.9. The van der Waals surface area contributed by atoms with Crippen LogP contribution in [0.15, 0.2) is 0 Å². The van der Waals surface area contributed by atoms with E-state index in [4.69, 9.17) is 0 Å². The Labute approximate surface area is 177 Å². The predicted molar refractivity (Wildman–Crippen MR) is 116 cm³/mol. The first-order valence-electron chi connectivity index (χ1n) is 12.9. The standard InChI is InChI=1S/C26H45F3/c1-4-6-19(7-5-2)21-14-15-23(26(29)25(21)28)22-13-12-20(16-24(22)27)18-10-8-17(3)9-11-18/h17-26H,4-16H2,1-3H3. The molecule has 3 fully saturated rings. The van der Waals surface area contributed by atoms with Gasteiger partial charge in [-0.2, -0.15) is 0 Å².